The summed E-state index contributed by atoms with van der Waals surface area (Å²) in [7, 11) is -0.654. The Morgan fingerprint density at radius 3 is 3.12 bits per heavy atom. The van der Waals surface area contributed by atoms with Crippen LogP contribution in [0.25, 0.3) is 0 Å². The van der Waals surface area contributed by atoms with Crippen molar-refractivity contribution in [3.8, 4) is 0 Å². The molecule has 0 aromatic carbocycles. The number of thiazole rings is 1. The molecule has 0 saturated carbocycles. The van der Waals surface area contributed by atoms with Crippen molar-refractivity contribution in [3.63, 3.8) is 0 Å². The Balaban J connectivity index is 1.71. The molecule has 0 bridgehead atoms. The maximum absolute atomic E-state index is 11.2. The summed E-state index contributed by atoms with van der Waals surface area (Å²) in [5.41, 5.74) is 1.32. The lowest BCUT2D eigenvalue weighted by atomic mass is 10.4. The first-order valence-electron chi connectivity index (χ1n) is 5.82. The van der Waals surface area contributed by atoms with E-state index in [2.05, 4.69) is 10.3 Å². The maximum atomic E-state index is 11.2. The first kappa shape index (κ1) is 12.2. The van der Waals surface area contributed by atoms with Crippen molar-refractivity contribution < 1.29 is 4.21 Å². The van der Waals surface area contributed by atoms with Crippen molar-refractivity contribution in [1.29, 1.82) is 0 Å². The van der Waals surface area contributed by atoms with Crippen molar-refractivity contribution in [2.75, 3.05) is 18.1 Å². The number of rotatable bonds is 6. The van der Waals surface area contributed by atoms with Gasteiger partial charge in [0.15, 0.2) is 0 Å². The number of hydrogen-bond donors (Lipinski definition) is 1. The molecule has 1 aromatic rings. The number of aryl methyl sites for hydroxylation is 2. The first-order chi connectivity index (χ1) is 7.79. The smallest absolute Gasteiger partial charge is 0.107 e. The third-order valence-electron chi connectivity index (χ3n) is 2.74. The van der Waals surface area contributed by atoms with Crippen molar-refractivity contribution in [2.24, 2.45) is 0 Å². The largest absolute Gasteiger partial charge is 0.310 e. The second-order valence-electron chi connectivity index (χ2n) is 3.94. The maximum Gasteiger partial charge on any atom is 0.107 e. The molecule has 5 heteroatoms. The summed E-state index contributed by atoms with van der Waals surface area (Å²) < 4.78 is 11.2. The zero-order valence-corrected chi connectivity index (χ0v) is 11.3. The van der Waals surface area contributed by atoms with Crippen molar-refractivity contribution in [1.82, 2.24) is 10.3 Å². The zero-order valence-electron chi connectivity index (χ0n) is 9.62. The molecule has 1 N–H and O–H groups in total. The van der Waals surface area contributed by atoms with Crippen LogP contribution in [0.4, 0.5) is 0 Å². The molecule has 1 atom stereocenters. The van der Waals surface area contributed by atoms with Gasteiger partial charge in [-0.2, -0.15) is 0 Å². The van der Waals surface area contributed by atoms with Gasteiger partial charge < -0.3 is 5.32 Å². The Morgan fingerprint density at radius 2 is 2.38 bits per heavy atom. The highest BCUT2D eigenvalue weighted by atomic mass is 32.2. The van der Waals surface area contributed by atoms with E-state index in [1.165, 1.54) is 28.4 Å². The SMILES string of the molecule is CCS(=O)CCNCc1nc2c(s1)CCC2. The fraction of sp³-hybridized carbons (Fsp3) is 0.727. The van der Waals surface area contributed by atoms with E-state index in [1.807, 2.05) is 18.3 Å². The highest BCUT2D eigenvalue weighted by Crippen LogP contribution is 2.27. The highest BCUT2D eigenvalue weighted by molar-refractivity contribution is 7.84. The molecular formula is C11H18N2OS2. The number of nitrogens with one attached hydrogen (secondary N) is 1. The van der Waals surface area contributed by atoms with E-state index < -0.39 is 10.8 Å². The van der Waals surface area contributed by atoms with Crippen molar-refractivity contribution >= 4 is 22.1 Å². The molecule has 0 spiro atoms. The average molecular weight is 258 g/mol. The van der Waals surface area contributed by atoms with Gasteiger partial charge in [-0.1, -0.05) is 6.92 Å². The molecule has 0 radical (unpaired) electrons. The van der Waals surface area contributed by atoms with Crippen LogP contribution in [-0.2, 0) is 30.2 Å². The fourth-order valence-electron chi connectivity index (χ4n) is 1.85. The van der Waals surface area contributed by atoms with Gasteiger partial charge in [-0.05, 0) is 19.3 Å². The minimum Gasteiger partial charge on any atom is -0.310 e. The molecule has 1 aromatic heterocycles. The summed E-state index contributed by atoms with van der Waals surface area (Å²) in [5, 5.41) is 4.50. The van der Waals surface area contributed by atoms with Gasteiger partial charge in [-0.3, -0.25) is 4.21 Å². The Kier molecular flexibility index (Phi) is 4.49. The van der Waals surface area contributed by atoms with Gasteiger partial charge in [0.2, 0.25) is 0 Å². The lowest BCUT2D eigenvalue weighted by Crippen LogP contribution is -2.20. The Labute approximate surface area is 103 Å². The predicted octanol–water partition coefficient (Wildman–Crippen LogP) is 1.49. The van der Waals surface area contributed by atoms with Gasteiger partial charge in [0, 0.05) is 40.3 Å². The molecule has 0 amide bonds. The number of aromatic nitrogens is 1. The second kappa shape index (κ2) is 5.89. The summed E-state index contributed by atoms with van der Waals surface area (Å²) in [4.78, 5) is 6.09. The Bertz CT molecular complexity index is 355. The fourth-order valence-corrected chi connectivity index (χ4v) is 3.63. The van der Waals surface area contributed by atoms with E-state index in [4.69, 9.17) is 0 Å². The van der Waals surface area contributed by atoms with Crippen LogP contribution >= 0.6 is 11.3 Å². The average Bonchev–Trinajstić information content (AvgIpc) is 2.84. The van der Waals surface area contributed by atoms with E-state index in [1.54, 1.807) is 0 Å². The number of hydrogen-bond acceptors (Lipinski definition) is 4. The molecule has 1 heterocycles. The summed E-state index contributed by atoms with van der Waals surface area (Å²) in [6, 6.07) is 0. The van der Waals surface area contributed by atoms with Gasteiger partial charge >= 0.3 is 0 Å². The molecule has 16 heavy (non-hydrogen) atoms. The molecule has 2 rings (SSSR count). The van der Waals surface area contributed by atoms with Gasteiger partial charge in [0.1, 0.15) is 5.01 Å². The van der Waals surface area contributed by atoms with E-state index in [9.17, 15) is 4.21 Å². The van der Waals surface area contributed by atoms with Crippen molar-refractivity contribution in [3.05, 3.63) is 15.6 Å². The zero-order chi connectivity index (χ0) is 11.4. The Hall–Kier alpha value is -0.260. The van der Waals surface area contributed by atoms with Crippen molar-refractivity contribution in [2.45, 2.75) is 32.7 Å². The number of fused-ring (bicyclic) bond motifs is 1. The molecular weight excluding hydrogens is 240 g/mol. The van der Waals surface area contributed by atoms with Crippen LogP contribution in [0, 0.1) is 0 Å². The van der Waals surface area contributed by atoms with Crippen LogP contribution in [0.15, 0.2) is 0 Å². The lowest BCUT2D eigenvalue weighted by molar-refractivity contribution is 0.673. The number of nitrogens with zero attached hydrogens (tertiary/aromatic N) is 1. The van der Waals surface area contributed by atoms with Gasteiger partial charge in [0.05, 0.1) is 5.69 Å². The molecule has 0 saturated heterocycles. The Morgan fingerprint density at radius 1 is 1.50 bits per heavy atom. The normalized spacial score (nSPS) is 16.3. The molecule has 1 unspecified atom stereocenters. The van der Waals surface area contributed by atoms with Crippen LogP contribution < -0.4 is 5.32 Å². The summed E-state index contributed by atoms with van der Waals surface area (Å²) in [5.74, 6) is 1.51. The minimum absolute atomic E-state index is 0.654. The molecule has 0 fully saturated rings. The van der Waals surface area contributed by atoms with E-state index in [0.29, 0.717) is 0 Å². The summed E-state index contributed by atoms with van der Waals surface area (Å²) in [6.45, 7) is 3.62. The van der Waals surface area contributed by atoms with Gasteiger partial charge in [-0.25, -0.2) is 4.98 Å². The third kappa shape index (κ3) is 3.12. The monoisotopic (exact) mass is 258 g/mol. The van der Waals surface area contributed by atoms with Gasteiger partial charge in [-0.15, -0.1) is 11.3 Å². The van der Waals surface area contributed by atoms with E-state index in [0.717, 1.165) is 31.0 Å². The molecule has 0 aliphatic heterocycles. The first-order valence-corrected chi connectivity index (χ1v) is 8.13. The predicted molar refractivity (Wildman–Crippen MR) is 69.4 cm³/mol. The topological polar surface area (TPSA) is 42.0 Å². The summed E-state index contributed by atoms with van der Waals surface area (Å²) in [6.07, 6.45) is 3.65. The van der Waals surface area contributed by atoms with Crippen LogP contribution in [-0.4, -0.2) is 27.2 Å². The van der Waals surface area contributed by atoms with Crippen LogP contribution in [0.5, 0.6) is 0 Å². The van der Waals surface area contributed by atoms with Crippen LogP contribution in [0.3, 0.4) is 0 Å². The van der Waals surface area contributed by atoms with Crippen LogP contribution in [0.1, 0.15) is 28.9 Å². The minimum atomic E-state index is -0.654. The molecule has 1 aliphatic carbocycles. The third-order valence-corrected chi connectivity index (χ3v) is 5.21. The standard InChI is InChI=1S/C11H18N2OS2/c1-2-16(14)7-6-12-8-11-13-9-4-3-5-10(9)15-11/h12H,2-8H2,1H3. The van der Waals surface area contributed by atoms with Gasteiger partial charge in [0.25, 0.3) is 0 Å². The highest BCUT2D eigenvalue weighted by Gasteiger charge is 2.15. The lowest BCUT2D eigenvalue weighted by Gasteiger charge is -2.01. The molecule has 1 aliphatic rings. The second-order valence-corrected chi connectivity index (χ2v) is 6.97. The summed E-state index contributed by atoms with van der Waals surface area (Å²) >= 11 is 1.84. The molecule has 3 nitrogen and oxygen atoms in total. The van der Waals surface area contributed by atoms with E-state index in [-0.39, 0.29) is 0 Å². The molecule has 90 valence electrons. The quantitative estimate of drug-likeness (QED) is 0.786. The van der Waals surface area contributed by atoms with Crippen LogP contribution in [0.2, 0.25) is 0 Å². The van der Waals surface area contributed by atoms with E-state index >= 15 is 0 Å².